The van der Waals surface area contributed by atoms with E-state index in [1.807, 2.05) is 35.1 Å². The van der Waals surface area contributed by atoms with E-state index in [0.717, 1.165) is 30.2 Å². The summed E-state index contributed by atoms with van der Waals surface area (Å²) in [6.07, 6.45) is 2.97. The molecule has 1 aromatic carbocycles. The van der Waals surface area contributed by atoms with Crippen molar-refractivity contribution in [3.63, 3.8) is 0 Å². The molecule has 0 spiro atoms. The molecule has 0 bridgehead atoms. The first-order chi connectivity index (χ1) is 7.84. The van der Waals surface area contributed by atoms with Crippen molar-refractivity contribution in [1.29, 1.82) is 0 Å². The molecule has 1 aliphatic heterocycles. The molecule has 1 aromatic heterocycles. The summed E-state index contributed by atoms with van der Waals surface area (Å²) in [6.45, 7) is 1.94. The van der Waals surface area contributed by atoms with Crippen LogP contribution < -0.4 is 5.32 Å². The van der Waals surface area contributed by atoms with Crippen molar-refractivity contribution in [3.8, 4) is 5.69 Å². The molecule has 18 heavy (non-hydrogen) atoms. The summed E-state index contributed by atoms with van der Waals surface area (Å²) in [7, 11) is 0. The molecule has 3 rings (SSSR count). The van der Waals surface area contributed by atoms with E-state index in [-0.39, 0.29) is 24.8 Å². The lowest BCUT2D eigenvalue weighted by Gasteiger charge is -2.15. The van der Waals surface area contributed by atoms with Crippen LogP contribution in [0.1, 0.15) is 11.3 Å². The standard InChI is InChI=1S/C12H12ClN3.2ClH/c13-10-1-3-11(4-2-10)16-12-5-6-14-7-9(12)8-15-16;;/h1-4,8,14H,5-7H2;2*1H. The molecule has 0 aliphatic carbocycles. The van der Waals surface area contributed by atoms with E-state index in [9.17, 15) is 0 Å². The lowest BCUT2D eigenvalue weighted by atomic mass is 10.1. The number of hydrogen-bond acceptors (Lipinski definition) is 2. The highest BCUT2D eigenvalue weighted by Crippen LogP contribution is 2.19. The molecule has 0 radical (unpaired) electrons. The molecule has 1 aliphatic rings. The zero-order valence-electron chi connectivity index (χ0n) is 9.60. The van der Waals surface area contributed by atoms with Crippen molar-refractivity contribution in [2.24, 2.45) is 0 Å². The minimum absolute atomic E-state index is 0. The van der Waals surface area contributed by atoms with Crippen LogP contribution in [-0.2, 0) is 13.0 Å². The number of halogens is 3. The Morgan fingerprint density at radius 1 is 1.17 bits per heavy atom. The minimum Gasteiger partial charge on any atom is -0.312 e. The summed E-state index contributed by atoms with van der Waals surface area (Å²) in [4.78, 5) is 0. The van der Waals surface area contributed by atoms with Gasteiger partial charge < -0.3 is 5.32 Å². The van der Waals surface area contributed by atoms with Crippen molar-refractivity contribution < 1.29 is 0 Å². The largest absolute Gasteiger partial charge is 0.312 e. The minimum atomic E-state index is 0. The lowest BCUT2D eigenvalue weighted by Crippen LogP contribution is -2.24. The number of nitrogens with zero attached hydrogens (tertiary/aromatic N) is 2. The summed E-state index contributed by atoms with van der Waals surface area (Å²) in [5.41, 5.74) is 3.68. The Bertz CT molecular complexity index is 508. The summed E-state index contributed by atoms with van der Waals surface area (Å²) in [5.74, 6) is 0. The first-order valence-electron chi connectivity index (χ1n) is 5.37. The van der Waals surface area contributed by atoms with Gasteiger partial charge in [-0.3, -0.25) is 0 Å². The number of rotatable bonds is 1. The van der Waals surface area contributed by atoms with Gasteiger partial charge in [-0.15, -0.1) is 24.8 Å². The van der Waals surface area contributed by atoms with E-state index < -0.39 is 0 Å². The number of benzene rings is 1. The molecule has 0 saturated heterocycles. The highest BCUT2D eigenvalue weighted by atomic mass is 35.5. The maximum Gasteiger partial charge on any atom is 0.0649 e. The number of hydrogen-bond donors (Lipinski definition) is 1. The normalized spacial score (nSPS) is 13.2. The van der Waals surface area contributed by atoms with E-state index in [1.54, 1.807) is 0 Å². The Balaban J connectivity index is 0.000000810. The Kier molecular flexibility index (Phi) is 5.47. The highest BCUT2D eigenvalue weighted by Gasteiger charge is 2.15. The first kappa shape index (κ1) is 15.3. The predicted octanol–water partition coefficient (Wildman–Crippen LogP) is 3.02. The fourth-order valence-corrected chi connectivity index (χ4v) is 2.18. The van der Waals surface area contributed by atoms with Crippen molar-refractivity contribution in [3.05, 3.63) is 46.7 Å². The zero-order valence-corrected chi connectivity index (χ0v) is 12.0. The quantitative estimate of drug-likeness (QED) is 0.878. The zero-order chi connectivity index (χ0) is 11.0. The lowest BCUT2D eigenvalue weighted by molar-refractivity contribution is 0.623. The van der Waals surface area contributed by atoms with E-state index in [4.69, 9.17) is 11.6 Å². The van der Waals surface area contributed by atoms with Gasteiger partial charge >= 0.3 is 0 Å². The van der Waals surface area contributed by atoms with E-state index in [2.05, 4.69) is 10.4 Å². The second-order valence-electron chi connectivity index (χ2n) is 3.93. The Labute approximate surface area is 123 Å². The molecule has 0 unspecified atom stereocenters. The maximum atomic E-state index is 5.88. The van der Waals surface area contributed by atoms with Crippen LogP contribution in [0.5, 0.6) is 0 Å². The molecule has 2 heterocycles. The van der Waals surface area contributed by atoms with Gasteiger partial charge in [-0.25, -0.2) is 4.68 Å². The van der Waals surface area contributed by atoms with Gasteiger partial charge in [0.1, 0.15) is 0 Å². The molecule has 98 valence electrons. The third-order valence-electron chi connectivity index (χ3n) is 2.88. The van der Waals surface area contributed by atoms with Gasteiger partial charge in [-0.2, -0.15) is 5.10 Å². The fraction of sp³-hybridized carbons (Fsp3) is 0.250. The molecule has 1 N–H and O–H groups in total. The van der Waals surface area contributed by atoms with E-state index in [0.29, 0.717) is 0 Å². The average molecular weight is 307 g/mol. The van der Waals surface area contributed by atoms with Crippen molar-refractivity contribution in [2.45, 2.75) is 13.0 Å². The van der Waals surface area contributed by atoms with Crippen LogP contribution in [0.25, 0.3) is 5.69 Å². The number of nitrogens with one attached hydrogen (secondary N) is 1. The topological polar surface area (TPSA) is 29.9 Å². The molecular formula is C12H14Cl3N3. The van der Waals surface area contributed by atoms with Gasteiger partial charge in [0.15, 0.2) is 0 Å². The van der Waals surface area contributed by atoms with Crippen LogP contribution in [0.2, 0.25) is 5.02 Å². The van der Waals surface area contributed by atoms with Crippen molar-refractivity contribution >= 4 is 36.4 Å². The molecular weight excluding hydrogens is 293 g/mol. The van der Waals surface area contributed by atoms with Crippen LogP contribution in [0.3, 0.4) is 0 Å². The van der Waals surface area contributed by atoms with Crippen molar-refractivity contribution in [1.82, 2.24) is 15.1 Å². The van der Waals surface area contributed by atoms with Gasteiger partial charge in [0, 0.05) is 35.8 Å². The second-order valence-corrected chi connectivity index (χ2v) is 4.37. The second kappa shape index (κ2) is 6.43. The molecule has 2 aromatic rings. The van der Waals surface area contributed by atoms with E-state index in [1.165, 1.54) is 11.3 Å². The fourth-order valence-electron chi connectivity index (χ4n) is 2.06. The molecule has 0 saturated carbocycles. The van der Waals surface area contributed by atoms with Gasteiger partial charge in [0.2, 0.25) is 0 Å². The molecule has 0 atom stereocenters. The molecule has 0 amide bonds. The summed E-state index contributed by atoms with van der Waals surface area (Å²) in [6, 6.07) is 7.79. The first-order valence-corrected chi connectivity index (χ1v) is 5.75. The maximum absolute atomic E-state index is 5.88. The highest BCUT2D eigenvalue weighted by molar-refractivity contribution is 6.30. The van der Waals surface area contributed by atoms with Crippen molar-refractivity contribution in [2.75, 3.05) is 6.54 Å². The van der Waals surface area contributed by atoms with Gasteiger partial charge in [-0.1, -0.05) is 11.6 Å². The van der Waals surface area contributed by atoms with Gasteiger partial charge in [-0.05, 0) is 24.3 Å². The Hall–Kier alpha value is -0.740. The van der Waals surface area contributed by atoms with Crippen LogP contribution in [0.15, 0.2) is 30.5 Å². The summed E-state index contributed by atoms with van der Waals surface area (Å²) >= 11 is 5.88. The third-order valence-corrected chi connectivity index (χ3v) is 3.13. The predicted molar refractivity (Wildman–Crippen MR) is 78.5 cm³/mol. The molecule has 6 heteroatoms. The number of aromatic nitrogens is 2. The van der Waals surface area contributed by atoms with Crippen LogP contribution >= 0.6 is 36.4 Å². The average Bonchev–Trinajstić information content (AvgIpc) is 2.74. The third kappa shape index (κ3) is 2.81. The van der Waals surface area contributed by atoms with Crippen LogP contribution in [0.4, 0.5) is 0 Å². The smallest absolute Gasteiger partial charge is 0.0649 e. The Morgan fingerprint density at radius 3 is 2.61 bits per heavy atom. The molecule has 3 nitrogen and oxygen atoms in total. The summed E-state index contributed by atoms with van der Waals surface area (Å²) < 4.78 is 2.01. The van der Waals surface area contributed by atoms with E-state index >= 15 is 0 Å². The molecule has 0 fully saturated rings. The van der Waals surface area contributed by atoms with Crippen LogP contribution in [0, 0.1) is 0 Å². The Morgan fingerprint density at radius 2 is 1.89 bits per heavy atom. The van der Waals surface area contributed by atoms with Gasteiger partial charge in [0.25, 0.3) is 0 Å². The monoisotopic (exact) mass is 305 g/mol. The number of fused-ring (bicyclic) bond motifs is 1. The summed E-state index contributed by atoms with van der Waals surface area (Å²) in [5, 5.41) is 8.53. The SMILES string of the molecule is Cl.Cl.Clc1ccc(-n2ncc3c2CCNC3)cc1. The van der Waals surface area contributed by atoms with Gasteiger partial charge in [0.05, 0.1) is 11.9 Å². The van der Waals surface area contributed by atoms with Crippen LogP contribution in [-0.4, -0.2) is 16.3 Å².